The van der Waals surface area contributed by atoms with E-state index >= 15 is 0 Å². The topological polar surface area (TPSA) is 101 Å². The molecule has 16 heavy (non-hydrogen) atoms. The zero-order valence-electron chi connectivity index (χ0n) is 8.08. The molecule has 0 amide bonds. The van der Waals surface area contributed by atoms with Crippen molar-refractivity contribution in [3.05, 3.63) is 30.3 Å². The molecule has 2 rings (SSSR count). The minimum Gasteiger partial charge on any atom is -0.505 e. The molecule has 0 aliphatic heterocycles. The number of anilines is 1. The third-order valence-electron chi connectivity index (χ3n) is 2.29. The van der Waals surface area contributed by atoms with E-state index < -0.39 is 10.1 Å². The van der Waals surface area contributed by atoms with Gasteiger partial charge in [-0.15, -0.1) is 0 Å². The Labute approximate surface area is 91.9 Å². The fourth-order valence-electron chi connectivity index (χ4n) is 1.56. The average Bonchev–Trinajstić information content (AvgIpc) is 2.21. The molecule has 4 N–H and O–H groups in total. The van der Waals surface area contributed by atoms with Gasteiger partial charge in [0, 0.05) is 5.39 Å². The lowest BCUT2D eigenvalue weighted by atomic mass is 10.1. The minimum absolute atomic E-state index is 0.0324. The number of nitrogen functional groups attached to an aromatic ring is 1. The number of rotatable bonds is 1. The Kier molecular flexibility index (Phi) is 2.25. The first kappa shape index (κ1) is 10.7. The molecule has 0 unspecified atom stereocenters. The van der Waals surface area contributed by atoms with E-state index in [9.17, 15) is 13.5 Å². The highest BCUT2D eigenvalue weighted by Crippen LogP contribution is 2.34. The van der Waals surface area contributed by atoms with Gasteiger partial charge in [-0.25, -0.2) is 0 Å². The van der Waals surface area contributed by atoms with E-state index in [2.05, 4.69) is 0 Å². The molecule has 5 nitrogen and oxygen atoms in total. The number of benzene rings is 2. The third-order valence-corrected chi connectivity index (χ3v) is 3.19. The molecule has 0 atom stereocenters. The van der Waals surface area contributed by atoms with Gasteiger partial charge in [-0.3, -0.25) is 4.55 Å². The van der Waals surface area contributed by atoms with Gasteiger partial charge in [-0.2, -0.15) is 8.42 Å². The molecule has 0 aliphatic carbocycles. The summed E-state index contributed by atoms with van der Waals surface area (Å²) in [5.41, 5.74) is 5.53. The molecule has 0 heterocycles. The molecular weight excluding hydrogens is 230 g/mol. The van der Waals surface area contributed by atoms with Crippen LogP contribution in [0.2, 0.25) is 0 Å². The Balaban J connectivity index is 3.02. The molecule has 0 fully saturated rings. The van der Waals surface area contributed by atoms with E-state index in [-0.39, 0.29) is 21.7 Å². The summed E-state index contributed by atoms with van der Waals surface area (Å²) < 4.78 is 31.3. The van der Waals surface area contributed by atoms with Gasteiger partial charge in [-0.1, -0.05) is 18.2 Å². The second-order valence-corrected chi connectivity index (χ2v) is 4.72. The molecule has 6 heteroatoms. The van der Waals surface area contributed by atoms with Crippen LogP contribution in [0.15, 0.2) is 35.2 Å². The molecular formula is C10H9NO4S. The van der Waals surface area contributed by atoms with Gasteiger partial charge in [0.15, 0.2) is 0 Å². The third kappa shape index (κ3) is 1.58. The summed E-state index contributed by atoms with van der Waals surface area (Å²) in [5, 5.41) is 10.2. The van der Waals surface area contributed by atoms with Gasteiger partial charge in [0.1, 0.15) is 10.6 Å². The zero-order chi connectivity index (χ0) is 11.9. The monoisotopic (exact) mass is 239 g/mol. The lowest BCUT2D eigenvalue weighted by Crippen LogP contribution is -1.99. The average molecular weight is 239 g/mol. The Morgan fingerprint density at radius 2 is 1.81 bits per heavy atom. The number of phenolic OH excluding ortho intramolecular Hbond substituents is 1. The predicted octanol–water partition coefficient (Wildman–Crippen LogP) is 1.37. The lowest BCUT2D eigenvalue weighted by molar-refractivity contribution is 0.475. The summed E-state index contributed by atoms with van der Waals surface area (Å²) in [6.07, 6.45) is 0. The van der Waals surface area contributed by atoms with Crippen LogP contribution in [0.4, 0.5) is 5.69 Å². The summed E-state index contributed by atoms with van der Waals surface area (Å²) in [7, 11) is -4.38. The van der Waals surface area contributed by atoms with Crippen molar-refractivity contribution in [2.75, 3.05) is 5.73 Å². The Morgan fingerprint density at radius 3 is 2.44 bits per heavy atom. The maximum Gasteiger partial charge on any atom is 0.295 e. The fraction of sp³-hybridized carbons (Fsp3) is 0. The van der Waals surface area contributed by atoms with Crippen LogP contribution < -0.4 is 5.73 Å². The van der Waals surface area contributed by atoms with Crippen molar-refractivity contribution in [2.45, 2.75) is 4.90 Å². The second kappa shape index (κ2) is 3.36. The molecule has 0 aromatic heterocycles. The quantitative estimate of drug-likeness (QED) is 0.396. The van der Waals surface area contributed by atoms with Crippen molar-refractivity contribution < 1.29 is 18.1 Å². The molecule has 0 saturated carbocycles. The molecule has 0 saturated heterocycles. The second-order valence-electron chi connectivity index (χ2n) is 3.33. The minimum atomic E-state index is -4.38. The van der Waals surface area contributed by atoms with Crippen LogP contribution in [0, 0.1) is 0 Å². The summed E-state index contributed by atoms with van der Waals surface area (Å²) in [4.78, 5) is -0.352. The van der Waals surface area contributed by atoms with Crippen LogP contribution in [0.1, 0.15) is 0 Å². The number of fused-ring (bicyclic) bond motifs is 1. The maximum absolute atomic E-state index is 11.1. The van der Waals surface area contributed by atoms with Crippen LogP contribution >= 0.6 is 0 Å². The summed E-state index contributed by atoms with van der Waals surface area (Å²) in [6.45, 7) is 0. The highest BCUT2D eigenvalue weighted by molar-refractivity contribution is 7.86. The first-order chi connectivity index (χ1) is 7.41. The maximum atomic E-state index is 11.1. The molecule has 2 aromatic rings. The van der Waals surface area contributed by atoms with Gasteiger partial charge >= 0.3 is 0 Å². The number of hydrogen-bond donors (Lipinski definition) is 3. The van der Waals surface area contributed by atoms with Crippen LogP contribution in [0.5, 0.6) is 5.75 Å². The molecule has 0 bridgehead atoms. The van der Waals surface area contributed by atoms with E-state index in [1.54, 1.807) is 12.1 Å². The van der Waals surface area contributed by atoms with Crippen molar-refractivity contribution in [3.8, 4) is 5.75 Å². The predicted molar refractivity (Wildman–Crippen MR) is 59.8 cm³/mol. The number of nitrogens with two attached hydrogens (primary N) is 1. The van der Waals surface area contributed by atoms with Gasteiger partial charge in [0.2, 0.25) is 0 Å². The number of hydrogen-bond acceptors (Lipinski definition) is 4. The molecule has 0 radical (unpaired) electrons. The van der Waals surface area contributed by atoms with Gasteiger partial charge in [0.25, 0.3) is 10.1 Å². The van der Waals surface area contributed by atoms with Crippen LogP contribution in [0.3, 0.4) is 0 Å². The molecule has 84 valence electrons. The Morgan fingerprint density at radius 1 is 1.12 bits per heavy atom. The van der Waals surface area contributed by atoms with Crippen molar-refractivity contribution in [2.24, 2.45) is 0 Å². The highest BCUT2D eigenvalue weighted by atomic mass is 32.2. The molecule has 0 spiro atoms. The summed E-state index contributed by atoms with van der Waals surface area (Å²) in [6, 6.07) is 7.32. The van der Waals surface area contributed by atoms with Gasteiger partial charge < -0.3 is 10.8 Å². The van der Waals surface area contributed by atoms with Crippen molar-refractivity contribution in [1.82, 2.24) is 0 Å². The van der Waals surface area contributed by atoms with Crippen molar-refractivity contribution >= 4 is 26.6 Å². The van der Waals surface area contributed by atoms with Crippen molar-refractivity contribution in [3.63, 3.8) is 0 Å². The van der Waals surface area contributed by atoms with Crippen molar-refractivity contribution in [1.29, 1.82) is 0 Å². The van der Waals surface area contributed by atoms with Gasteiger partial charge in [-0.05, 0) is 17.5 Å². The van der Waals surface area contributed by atoms with Crippen LogP contribution in [-0.4, -0.2) is 18.1 Å². The van der Waals surface area contributed by atoms with Gasteiger partial charge in [0.05, 0.1) is 5.69 Å². The summed E-state index contributed by atoms with van der Waals surface area (Å²) >= 11 is 0. The molecule has 2 aromatic carbocycles. The largest absolute Gasteiger partial charge is 0.505 e. The fourth-order valence-corrected chi connectivity index (χ4v) is 2.28. The molecule has 0 aliphatic rings. The highest BCUT2D eigenvalue weighted by Gasteiger charge is 2.17. The van der Waals surface area contributed by atoms with E-state index in [1.165, 1.54) is 18.2 Å². The summed E-state index contributed by atoms with van der Waals surface area (Å²) in [5.74, 6) is -0.342. The normalized spacial score (nSPS) is 11.8. The number of phenols is 1. The first-order valence-electron chi connectivity index (χ1n) is 4.39. The first-order valence-corrected chi connectivity index (χ1v) is 5.83. The zero-order valence-corrected chi connectivity index (χ0v) is 8.90. The van der Waals surface area contributed by atoms with E-state index in [1.807, 2.05) is 0 Å². The van der Waals surface area contributed by atoms with E-state index in [0.29, 0.717) is 5.39 Å². The van der Waals surface area contributed by atoms with E-state index in [4.69, 9.17) is 10.3 Å². The number of aromatic hydroxyl groups is 1. The van der Waals surface area contributed by atoms with Crippen LogP contribution in [0.25, 0.3) is 10.8 Å². The van der Waals surface area contributed by atoms with E-state index in [0.717, 1.165) is 0 Å². The lowest BCUT2D eigenvalue weighted by Gasteiger charge is -2.07. The standard InChI is InChI=1S/C10H9NO4S/c11-7-5-4-6-2-1-3-8(16(13,14)15)9(6)10(7)12/h1-5,12H,11H2,(H,13,14,15). The Bertz CT molecular complexity index is 664. The SMILES string of the molecule is Nc1ccc2cccc(S(=O)(=O)O)c2c1O. The smallest absolute Gasteiger partial charge is 0.295 e. The van der Waals surface area contributed by atoms with Crippen LogP contribution in [-0.2, 0) is 10.1 Å². The Hall–Kier alpha value is -1.79.